The third-order valence-electron chi connectivity index (χ3n) is 1.32. The highest BCUT2D eigenvalue weighted by molar-refractivity contribution is 5.57. The van der Waals surface area contributed by atoms with Crippen molar-refractivity contribution in [1.82, 2.24) is 14.9 Å². The summed E-state index contributed by atoms with van der Waals surface area (Å²) in [5, 5.41) is 12.4. The second-order valence-electron chi connectivity index (χ2n) is 1.98. The summed E-state index contributed by atoms with van der Waals surface area (Å²) < 4.78 is 0. The molecule has 0 amide bonds. The molecular formula is C6H5N3O. The van der Waals surface area contributed by atoms with Gasteiger partial charge in [-0.05, 0) is 6.07 Å². The summed E-state index contributed by atoms with van der Waals surface area (Å²) in [6.07, 6.45) is 4.68. The van der Waals surface area contributed by atoms with Gasteiger partial charge in [0.15, 0.2) is 0 Å². The Balaban J connectivity index is 2.75. The highest BCUT2D eigenvalue weighted by Crippen LogP contribution is 2.15. The molecule has 0 fully saturated rings. The van der Waals surface area contributed by atoms with E-state index in [2.05, 4.69) is 10.1 Å². The molecule has 2 aliphatic rings. The van der Waals surface area contributed by atoms with E-state index in [1.807, 2.05) is 6.07 Å². The molecule has 50 valence electrons. The summed E-state index contributed by atoms with van der Waals surface area (Å²) in [6.45, 7) is 0. The zero-order valence-electron chi connectivity index (χ0n) is 5.10. The van der Waals surface area contributed by atoms with Crippen molar-refractivity contribution >= 4 is 0 Å². The fourth-order valence-corrected chi connectivity index (χ4v) is 0.839. The Bertz CT molecular complexity index is 317. The highest BCUT2D eigenvalue weighted by atomic mass is 16.5. The molecule has 0 bridgehead atoms. The van der Waals surface area contributed by atoms with Crippen LogP contribution in [0.4, 0.5) is 0 Å². The number of fused-ring (bicyclic) bond motifs is 1. The molecule has 0 spiro atoms. The number of aromatic nitrogens is 3. The molecule has 0 saturated heterocycles. The van der Waals surface area contributed by atoms with Crippen LogP contribution in [0.5, 0.6) is 0 Å². The van der Waals surface area contributed by atoms with Gasteiger partial charge in [-0.15, -0.1) is 9.94 Å². The van der Waals surface area contributed by atoms with Gasteiger partial charge in [0.25, 0.3) is 0 Å². The fourth-order valence-electron chi connectivity index (χ4n) is 0.839. The van der Waals surface area contributed by atoms with Gasteiger partial charge < -0.3 is 5.21 Å². The molecule has 2 rings (SSSR count). The van der Waals surface area contributed by atoms with Crippen LogP contribution in [0.25, 0.3) is 11.3 Å². The molecule has 0 aromatic heterocycles. The van der Waals surface area contributed by atoms with E-state index in [1.54, 1.807) is 12.4 Å². The molecule has 2 heterocycles. The summed E-state index contributed by atoms with van der Waals surface area (Å²) in [7, 11) is 0. The van der Waals surface area contributed by atoms with Gasteiger partial charge in [0.1, 0.15) is 0 Å². The van der Waals surface area contributed by atoms with Gasteiger partial charge in [-0.25, -0.2) is 0 Å². The standard InChI is InChI=1S/C6H5N3O/c10-9-4-6-5(3-8-9)1-2-7-6/h1-4,10H. The average molecular weight is 135 g/mol. The molecule has 4 heteroatoms. The Labute approximate surface area is 57.0 Å². The van der Waals surface area contributed by atoms with Crippen molar-refractivity contribution in [1.29, 1.82) is 0 Å². The van der Waals surface area contributed by atoms with Gasteiger partial charge in [-0.3, -0.25) is 4.98 Å². The van der Waals surface area contributed by atoms with Crippen LogP contribution < -0.4 is 0 Å². The fraction of sp³-hybridized carbons (Fsp3) is 0. The first-order chi connectivity index (χ1) is 4.86. The first kappa shape index (κ1) is 5.22. The zero-order chi connectivity index (χ0) is 6.97. The van der Waals surface area contributed by atoms with Gasteiger partial charge in [-0.2, -0.15) is 0 Å². The smallest absolute Gasteiger partial charge is 0.0934 e. The van der Waals surface area contributed by atoms with E-state index >= 15 is 0 Å². The maximum Gasteiger partial charge on any atom is 0.0934 e. The first-order valence-corrected chi connectivity index (χ1v) is 2.85. The predicted octanol–water partition coefficient (Wildman–Crippen LogP) is 0.620. The van der Waals surface area contributed by atoms with Crippen LogP contribution in [0.1, 0.15) is 0 Å². The number of nitrogens with zero attached hydrogens (tertiary/aromatic N) is 3. The topological polar surface area (TPSA) is 50.9 Å². The summed E-state index contributed by atoms with van der Waals surface area (Å²) >= 11 is 0. The molecule has 0 radical (unpaired) electrons. The largest absolute Gasteiger partial charge is 0.412 e. The second kappa shape index (κ2) is 1.70. The van der Waals surface area contributed by atoms with E-state index in [0.717, 1.165) is 16.1 Å². The Morgan fingerprint density at radius 1 is 1.50 bits per heavy atom. The van der Waals surface area contributed by atoms with Crippen molar-refractivity contribution in [3.63, 3.8) is 0 Å². The molecule has 0 aromatic rings. The van der Waals surface area contributed by atoms with Crippen LogP contribution in [-0.2, 0) is 0 Å². The van der Waals surface area contributed by atoms with E-state index in [9.17, 15) is 0 Å². The van der Waals surface area contributed by atoms with Gasteiger partial charge >= 0.3 is 0 Å². The van der Waals surface area contributed by atoms with Crippen LogP contribution in [0.2, 0.25) is 0 Å². The maximum absolute atomic E-state index is 8.81. The highest BCUT2D eigenvalue weighted by Gasteiger charge is 2.02. The molecule has 0 saturated carbocycles. The van der Waals surface area contributed by atoms with Gasteiger partial charge in [0.2, 0.25) is 0 Å². The third-order valence-corrected chi connectivity index (χ3v) is 1.32. The zero-order valence-corrected chi connectivity index (χ0v) is 5.10. The Morgan fingerprint density at radius 2 is 2.40 bits per heavy atom. The van der Waals surface area contributed by atoms with E-state index < -0.39 is 0 Å². The summed E-state index contributed by atoms with van der Waals surface area (Å²) in [6, 6.07) is 1.84. The Kier molecular flexibility index (Phi) is 0.887. The Hall–Kier alpha value is -1.58. The average Bonchev–Trinajstić information content (AvgIpc) is 2.33. The SMILES string of the molecule is On1cc2nccc-2cn1. The molecule has 10 heavy (non-hydrogen) atoms. The minimum absolute atomic E-state index is 0.745. The monoisotopic (exact) mass is 135 g/mol. The molecule has 0 atom stereocenters. The molecule has 0 unspecified atom stereocenters. The van der Waals surface area contributed by atoms with Crippen molar-refractivity contribution in [2.24, 2.45) is 0 Å². The quantitative estimate of drug-likeness (QED) is 0.539. The number of rotatable bonds is 0. The lowest BCUT2D eigenvalue weighted by Gasteiger charge is -1.96. The van der Waals surface area contributed by atoms with Crippen molar-refractivity contribution < 1.29 is 5.21 Å². The van der Waals surface area contributed by atoms with Crippen LogP contribution in [-0.4, -0.2) is 20.1 Å². The molecule has 0 aromatic carbocycles. The summed E-state index contributed by atoms with van der Waals surface area (Å²) in [5.74, 6) is 0. The molecule has 1 N–H and O–H groups in total. The van der Waals surface area contributed by atoms with E-state index in [-0.39, 0.29) is 0 Å². The summed E-state index contributed by atoms with van der Waals surface area (Å²) in [4.78, 5) is 4.70. The lowest BCUT2D eigenvalue weighted by molar-refractivity contribution is 0.144. The van der Waals surface area contributed by atoms with Crippen molar-refractivity contribution in [3.8, 4) is 11.3 Å². The lowest BCUT2D eigenvalue weighted by Crippen LogP contribution is -1.97. The predicted molar refractivity (Wildman–Crippen MR) is 33.8 cm³/mol. The van der Waals surface area contributed by atoms with Crippen molar-refractivity contribution in [2.75, 3.05) is 0 Å². The van der Waals surface area contributed by atoms with Crippen LogP contribution >= 0.6 is 0 Å². The van der Waals surface area contributed by atoms with Crippen molar-refractivity contribution in [3.05, 3.63) is 24.7 Å². The maximum atomic E-state index is 8.81. The Morgan fingerprint density at radius 3 is 3.30 bits per heavy atom. The normalized spacial score (nSPS) is 10.4. The molecule has 0 aliphatic carbocycles. The van der Waals surface area contributed by atoms with Crippen LogP contribution in [0, 0.1) is 0 Å². The van der Waals surface area contributed by atoms with Gasteiger partial charge in [-0.1, -0.05) is 0 Å². The minimum Gasteiger partial charge on any atom is -0.412 e. The van der Waals surface area contributed by atoms with Gasteiger partial charge in [0, 0.05) is 11.8 Å². The van der Waals surface area contributed by atoms with E-state index in [4.69, 9.17) is 5.21 Å². The van der Waals surface area contributed by atoms with E-state index in [1.165, 1.54) is 6.20 Å². The third kappa shape index (κ3) is 0.621. The first-order valence-electron chi connectivity index (χ1n) is 2.85. The minimum atomic E-state index is 0.745. The molecule has 4 nitrogen and oxygen atoms in total. The number of hydrogen-bond acceptors (Lipinski definition) is 3. The molecular weight excluding hydrogens is 130 g/mol. The molecule has 2 aliphatic heterocycles. The van der Waals surface area contributed by atoms with Gasteiger partial charge in [0.05, 0.1) is 18.1 Å². The van der Waals surface area contributed by atoms with Crippen LogP contribution in [0.3, 0.4) is 0 Å². The lowest BCUT2D eigenvalue weighted by atomic mass is 10.3. The van der Waals surface area contributed by atoms with Crippen LogP contribution in [0.15, 0.2) is 24.7 Å². The van der Waals surface area contributed by atoms with Crippen molar-refractivity contribution in [2.45, 2.75) is 0 Å². The summed E-state index contributed by atoms with van der Waals surface area (Å²) in [5.41, 5.74) is 1.68. The van der Waals surface area contributed by atoms with E-state index in [0.29, 0.717) is 0 Å². The second-order valence-corrected chi connectivity index (χ2v) is 1.98. The number of hydrogen-bond donors (Lipinski definition) is 1.